The molecule has 1 aromatic carbocycles. The lowest BCUT2D eigenvalue weighted by atomic mass is 10.1. The van der Waals surface area contributed by atoms with Gasteiger partial charge in [-0.25, -0.2) is 8.78 Å². The van der Waals surface area contributed by atoms with Gasteiger partial charge in [0.1, 0.15) is 0 Å². The molecule has 17 heavy (non-hydrogen) atoms. The Morgan fingerprint density at radius 2 is 2.18 bits per heavy atom. The van der Waals surface area contributed by atoms with Crippen LogP contribution < -0.4 is 5.32 Å². The first-order valence-electron chi connectivity index (χ1n) is 5.96. The molecule has 1 heterocycles. The molecule has 0 unspecified atom stereocenters. The van der Waals surface area contributed by atoms with E-state index in [4.69, 9.17) is 0 Å². The quantitative estimate of drug-likeness (QED) is 0.851. The van der Waals surface area contributed by atoms with Crippen molar-refractivity contribution in [3.63, 3.8) is 0 Å². The van der Waals surface area contributed by atoms with Crippen molar-refractivity contribution >= 4 is 0 Å². The second kappa shape index (κ2) is 5.10. The molecule has 1 aliphatic heterocycles. The fourth-order valence-electron chi connectivity index (χ4n) is 2.30. The first-order chi connectivity index (χ1) is 8.06. The van der Waals surface area contributed by atoms with Crippen LogP contribution in [-0.2, 0) is 6.54 Å². The van der Waals surface area contributed by atoms with E-state index in [0.717, 1.165) is 25.2 Å². The lowest BCUT2D eigenvalue weighted by Gasteiger charge is -2.31. The minimum Gasteiger partial charge on any atom is -0.312 e. The van der Waals surface area contributed by atoms with Crippen LogP contribution in [0.1, 0.15) is 18.1 Å². The summed E-state index contributed by atoms with van der Waals surface area (Å²) in [4.78, 5) is 2.26. The standard InChI is InChI=1S/C13H18F2N2/c1-9-5-11(6-12(14)13(9)15)8-17-4-3-16-10(2)7-17/h5-6,10,16H,3-4,7-8H2,1-2H3/t10-/m0/s1. The number of benzene rings is 1. The lowest BCUT2D eigenvalue weighted by molar-refractivity contribution is 0.199. The van der Waals surface area contributed by atoms with E-state index in [1.807, 2.05) is 0 Å². The van der Waals surface area contributed by atoms with E-state index in [2.05, 4.69) is 17.1 Å². The van der Waals surface area contributed by atoms with Crippen LogP contribution in [-0.4, -0.2) is 30.6 Å². The predicted molar refractivity (Wildman–Crippen MR) is 63.8 cm³/mol. The zero-order valence-corrected chi connectivity index (χ0v) is 10.3. The Labute approximate surface area is 101 Å². The summed E-state index contributed by atoms with van der Waals surface area (Å²) in [5, 5.41) is 3.35. The molecule has 1 fully saturated rings. The normalized spacial score (nSPS) is 21.8. The summed E-state index contributed by atoms with van der Waals surface area (Å²) in [5.41, 5.74) is 1.22. The SMILES string of the molecule is Cc1cc(CN2CCN[C@@H](C)C2)cc(F)c1F. The highest BCUT2D eigenvalue weighted by Crippen LogP contribution is 2.16. The molecule has 1 saturated heterocycles. The fourth-order valence-corrected chi connectivity index (χ4v) is 2.30. The molecule has 1 aromatic rings. The number of piperazine rings is 1. The maximum Gasteiger partial charge on any atom is 0.161 e. The van der Waals surface area contributed by atoms with Crippen molar-refractivity contribution in [2.24, 2.45) is 0 Å². The van der Waals surface area contributed by atoms with Crippen LogP contribution in [0, 0.1) is 18.6 Å². The molecule has 0 aliphatic carbocycles. The third-order valence-electron chi connectivity index (χ3n) is 3.13. The van der Waals surface area contributed by atoms with E-state index < -0.39 is 11.6 Å². The molecule has 1 N–H and O–H groups in total. The van der Waals surface area contributed by atoms with Gasteiger partial charge in [0.15, 0.2) is 11.6 Å². The average molecular weight is 240 g/mol. The topological polar surface area (TPSA) is 15.3 Å². The molecular weight excluding hydrogens is 222 g/mol. The Balaban J connectivity index is 2.08. The molecule has 1 aliphatic rings. The highest BCUT2D eigenvalue weighted by molar-refractivity contribution is 5.25. The lowest BCUT2D eigenvalue weighted by Crippen LogP contribution is -2.48. The van der Waals surface area contributed by atoms with Gasteiger partial charge in [-0.3, -0.25) is 4.90 Å². The zero-order valence-electron chi connectivity index (χ0n) is 10.3. The summed E-state index contributed by atoms with van der Waals surface area (Å²) in [6.07, 6.45) is 0. The van der Waals surface area contributed by atoms with Crippen LogP contribution in [0.3, 0.4) is 0 Å². The Hall–Kier alpha value is -1.00. The summed E-state index contributed by atoms with van der Waals surface area (Å²) in [7, 11) is 0. The molecule has 1 atom stereocenters. The molecule has 0 bridgehead atoms. The first-order valence-corrected chi connectivity index (χ1v) is 5.96. The van der Waals surface area contributed by atoms with Crippen molar-refractivity contribution in [3.05, 3.63) is 34.9 Å². The number of rotatable bonds is 2. The molecule has 0 aromatic heterocycles. The number of nitrogens with one attached hydrogen (secondary N) is 1. The average Bonchev–Trinajstić information content (AvgIpc) is 2.26. The Morgan fingerprint density at radius 3 is 2.82 bits per heavy atom. The van der Waals surface area contributed by atoms with Gasteiger partial charge in [-0.1, -0.05) is 6.07 Å². The molecule has 0 saturated carbocycles. The van der Waals surface area contributed by atoms with Gasteiger partial charge in [-0.15, -0.1) is 0 Å². The monoisotopic (exact) mass is 240 g/mol. The van der Waals surface area contributed by atoms with Crippen LogP contribution in [0.5, 0.6) is 0 Å². The second-order valence-electron chi connectivity index (χ2n) is 4.80. The predicted octanol–water partition coefficient (Wildman–Crippen LogP) is 2.07. The molecule has 0 spiro atoms. The van der Waals surface area contributed by atoms with Crippen molar-refractivity contribution < 1.29 is 8.78 Å². The van der Waals surface area contributed by atoms with Gasteiger partial charge >= 0.3 is 0 Å². The number of hydrogen-bond donors (Lipinski definition) is 1. The molecule has 2 nitrogen and oxygen atoms in total. The van der Waals surface area contributed by atoms with Gasteiger partial charge in [0.2, 0.25) is 0 Å². The van der Waals surface area contributed by atoms with Crippen molar-refractivity contribution in [1.82, 2.24) is 10.2 Å². The van der Waals surface area contributed by atoms with E-state index in [-0.39, 0.29) is 0 Å². The molecule has 0 radical (unpaired) electrons. The minimum absolute atomic E-state index is 0.378. The molecule has 2 rings (SSSR count). The van der Waals surface area contributed by atoms with Crippen LogP contribution in [0.4, 0.5) is 8.78 Å². The fraction of sp³-hybridized carbons (Fsp3) is 0.538. The third-order valence-corrected chi connectivity index (χ3v) is 3.13. The third kappa shape index (κ3) is 3.01. The van der Waals surface area contributed by atoms with Gasteiger partial charge in [0, 0.05) is 32.2 Å². The van der Waals surface area contributed by atoms with Crippen molar-refractivity contribution in [3.8, 4) is 0 Å². The van der Waals surface area contributed by atoms with E-state index >= 15 is 0 Å². The number of aryl methyl sites for hydroxylation is 1. The zero-order chi connectivity index (χ0) is 12.4. The summed E-state index contributed by atoms with van der Waals surface area (Å²) in [6.45, 7) is 7.25. The smallest absolute Gasteiger partial charge is 0.161 e. The Bertz CT molecular complexity index is 383. The maximum atomic E-state index is 13.3. The van der Waals surface area contributed by atoms with Gasteiger partial charge in [0.25, 0.3) is 0 Å². The van der Waals surface area contributed by atoms with Crippen molar-refractivity contribution in [2.45, 2.75) is 26.4 Å². The Kier molecular flexibility index (Phi) is 3.74. The highest BCUT2D eigenvalue weighted by Gasteiger charge is 2.16. The van der Waals surface area contributed by atoms with Crippen LogP contribution >= 0.6 is 0 Å². The van der Waals surface area contributed by atoms with Crippen LogP contribution in [0.2, 0.25) is 0 Å². The number of nitrogens with zero attached hydrogens (tertiary/aromatic N) is 1. The Morgan fingerprint density at radius 1 is 1.41 bits per heavy atom. The molecule has 0 amide bonds. The maximum absolute atomic E-state index is 13.3. The van der Waals surface area contributed by atoms with Crippen LogP contribution in [0.25, 0.3) is 0 Å². The molecular formula is C13H18F2N2. The van der Waals surface area contributed by atoms with E-state index in [1.165, 1.54) is 6.07 Å². The van der Waals surface area contributed by atoms with Gasteiger partial charge in [-0.05, 0) is 31.0 Å². The van der Waals surface area contributed by atoms with Crippen molar-refractivity contribution in [1.29, 1.82) is 0 Å². The highest BCUT2D eigenvalue weighted by atomic mass is 19.2. The van der Waals surface area contributed by atoms with Gasteiger partial charge in [0.05, 0.1) is 0 Å². The summed E-state index contributed by atoms with van der Waals surface area (Å²) in [5.74, 6) is -1.48. The second-order valence-corrected chi connectivity index (χ2v) is 4.80. The largest absolute Gasteiger partial charge is 0.312 e. The summed E-state index contributed by atoms with van der Waals surface area (Å²) >= 11 is 0. The first kappa shape index (κ1) is 12.5. The van der Waals surface area contributed by atoms with Crippen LogP contribution in [0.15, 0.2) is 12.1 Å². The van der Waals surface area contributed by atoms with Gasteiger partial charge < -0.3 is 5.32 Å². The molecule has 94 valence electrons. The summed E-state index contributed by atoms with van der Waals surface area (Å²) < 4.78 is 26.4. The van der Waals surface area contributed by atoms with Gasteiger partial charge in [-0.2, -0.15) is 0 Å². The number of hydrogen-bond acceptors (Lipinski definition) is 2. The van der Waals surface area contributed by atoms with E-state index in [9.17, 15) is 8.78 Å². The number of halogens is 2. The minimum atomic E-state index is -0.747. The summed E-state index contributed by atoms with van der Waals surface area (Å²) in [6, 6.07) is 3.48. The van der Waals surface area contributed by atoms with Crippen molar-refractivity contribution in [2.75, 3.05) is 19.6 Å². The van der Waals surface area contributed by atoms with E-state index in [0.29, 0.717) is 18.2 Å². The van der Waals surface area contributed by atoms with E-state index in [1.54, 1.807) is 13.0 Å². The molecule has 4 heteroatoms.